The lowest BCUT2D eigenvalue weighted by Gasteiger charge is -2.11. The van der Waals surface area contributed by atoms with Gasteiger partial charge in [-0.05, 0) is 36.4 Å². The molecule has 1 aromatic carbocycles. The standard InChI is InChI=1S/C15H16N2O2S/c1-10-5-3-6-11(2)13(10)17-15(19)14(18)16-9-12-7-4-8-20-12/h3-8H,9H2,1-2H3,(H,16,18)(H,17,19). The van der Waals surface area contributed by atoms with Crippen molar-refractivity contribution < 1.29 is 9.59 Å². The number of carbonyl (C=O) groups is 2. The summed E-state index contributed by atoms with van der Waals surface area (Å²) in [6.07, 6.45) is 0. The SMILES string of the molecule is Cc1cccc(C)c1NC(=O)C(=O)NCc1cccs1. The number of para-hydroxylation sites is 1. The van der Waals surface area contributed by atoms with Crippen LogP contribution in [0, 0.1) is 13.8 Å². The van der Waals surface area contributed by atoms with E-state index in [0.29, 0.717) is 12.2 Å². The van der Waals surface area contributed by atoms with Gasteiger partial charge in [0.05, 0.1) is 6.54 Å². The number of aryl methyl sites for hydroxylation is 2. The molecule has 1 aromatic heterocycles. The fraction of sp³-hybridized carbons (Fsp3) is 0.200. The molecule has 0 aliphatic heterocycles. The maximum Gasteiger partial charge on any atom is 0.313 e. The van der Waals surface area contributed by atoms with Gasteiger partial charge in [0.15, 0.2) is 0 Å². The van der Waals surface area contributed by atoms with Crippen LogP contribution >= 0.6 is 11.3 Å². The maximum atomic E-state index is 11.9. The number of rotatable bonds is 3. The minimum absolute atomic E-state index is 0.372. The molecular weight excluding hydrogens is 272 g/mol. The zero-order valence-corrected chi connectivity index (χ0v) is 12.2. The van der Waals surface area contributed by atoms with E-state index >= 15 is 0 Å². The van der Waals surface area contributed by atoms with Gasteiger partial charge in [0.1, 0.15) is 0 Å². The first-order chi connectivity index (χ1) is 9.58. The van der Waals surface area contributed by atoms with Gasteiger partial charge < -0.3 is 10.6 Å². The molecule has 0 bridgehead atoms. The van der Waals surface area contributed by atoms with Crippen LogP contribution in [0.5, 0.6) is 0 Å². The van der Waals surface area contributed by atoms with E-state index in [0.717, 1.165) is 16.0 Å². The normalized spacial score (nSPS) is 10.1. The zero-order chi connectivity index (χ0) is 14.5. The van der Waals surface area contributed by atoms with Crippen LogP contribution < -0.4 is 10.6 Å². The van der Waals surface area contributed by atoms with Crippen LogP contribution in [0.1, 0.15) is 16.0 Å². The van der Waals surface area contributed by atoms with Gasteiger partial charge >= 0.3 is 11.8 Å². The second-order valence-electron chi connectivity index (χ2n) is 4.48. The lowest BCUT2D eigenvalue weighted by Crippen LogP contribution is -2.35. The van der Waals surface area contributed by atoms with E-state index in [-0.39, 0.29) is 0 Å². The van der Waals surface area contributed by atoms with Crippen LogP contribution in [0.15, 0.2) is 35.7 Å². The molecule has 0 saturated heterocycles. The molecule has 0 aliphatic carbocycles. The minimum atomic E-state index is -0.640. The van der Waals surface area contributed by atoms with E-state index in [4.69, 9.17) is 0 Å². The summed E-state index contributed by atoms with van der Waals surface area (Å²) in [5.41, 5.74) is 2.57. The Kier molecular flexibility index (Phi) is 4.53. The molecule has 0 unspecified atom stereocenters. The van der Waals surface area contributed by atoms with E-state index < -0.39 is 11.8 Å². The van der Waals surface area contributed by atoms with Crippen molar-refractivity contribution in [2.45, 2.75) is 20.4 Å². The zero-order valence-electron chi connectivity index (χ0n) is 11.4. The summed E-state index contributed by atoms with van der Waals surface area (Å²) in [7, 11) is 0. The molecule has 2 aromatic rings. The summed E-state index contributed by atoms with van der Waals surface area (Å²) in [5, 5.41) is 7.19. The van der Waals surface area contributed by atoms with Crippen molar-refractivity contribution >= 4 is 28.8 Å². The van der Waals surface area contributed by atoms with Gasteiger partial charge in [0.25, 0.3) is 0 Å². The molecule has 4 nitrogen and oxygen atoms in total. The monoisotopic (exact) mass is 288 g/mol. The Morgan fingerprint density at radius 3 is 2.35 bits per heavy atom. The van der Waals surface area contributed by atoms with Gasteiger partial charge in [0, 0.05) is 10.6 Å². The Morgan fingerprint density at radius 2 is 1.75 bits per heavy atom. The molecule has 2 rings (SSSR count). The fourth-order valence-corrected chi connectivity index (χ4v) is 2.49. The molecule has 20 heavy (non-hydrogen) atoms. The molecule has 0 spiro atoms. The van der Waals surface area contributed by atoms with Crippen molar-refractivity contribution in [2.75, 3.05) is 5.32 Å². The molecule has 0 radical (unpaired) electrons. The number of hydrogen-bond donors (Lipinski definition) is 2. The molecule has 0 saturated carbocycles. The number of anilines is 1. The van der Waals surface area contributed by atoms with Crippen LogP contribution in [-0.2, 0) is 16.1 Å². The number of amides is 2. The van der Waals surface area contributed by atoms with Gasteiger partial charge in [-0.2, -0.15) is 0 Å². The van der Waals surface area contributed by atoms with Gasteiger partial charge in [-0.1, -0.05) is 24.3 Å². The van der Waals surface area contributed by atoms with Crippen LogP contribution in [-0.4, -0.2) is 11.8 Å². The molecule has 2 amide bonds. The average Bonchev–Trinajstić information content (AvgIpc) is 2.93. The number of hydrogen-bond acceptors (Lipinski definition) is 3. The first-order valence-corrected chi connectivity index (χ1v) is 7.13. The summed E-state index contributed by atoms with van der Waals surface area (Å²) < 4.78 is 0. The minimum Gasteiger partial charge on any atom is -0.343 e. The molecular formula is C15H16N2O2S. The van der Waals surface area contributed by atoms with Gasteiger partial charge in [-0.3, -0.25) is 9.59 Å². The third kappa shape index (κ3) is 3.45. The largest absolute Gasteiger partial charge is 0.343 e. The van der Waals surface area contributed by atoms with E-state index in [1.807, 2.05) is 49.6 Å². The first kappa shape index (κ1) is 14.3. The highest BCUT2D eigenvalue weighted by Gasteiger charge is 2.15. The molecule has 2 N–H and O–H groups in total. The number of nitrogens with one attached hydrogen (secondary N) is 2. The average molecular weight is 288 g/mol. The molecule has 0 aliphatic rings. The van der Waals surface area contributed by atoms with Crippen molar-refractivity contribution in [3.8, 4) is 0 Å². The Labute approximate surface area is 121 Å². The summed E-state index contributed by atoms with van der Waals surface area (Å²) >= 11 is 1.54. The second kappa shape index (κ2) is 6.34. The number of thiophene rings is 1. The van der Waals surface area contributed by atoms with Crippen molar-refractivity contribution in [2.24, 2.45) is 0 Å². The number of carbonyl (C=O) groups excluding carboxylic acids is 2. The highest BCUT2D eigenvalue weighted by molar-refractivity contribution is 7.09. The van der Waals surface area contributed by atoms with E-state index in [2.05, 4.69) is 10.6 Å². The molecule has 0 atom stereocenters. The first-order valence-electron chi connectivity index (χ1n) is 6.25. The second-order valence-corrected chi connectivity index (χ2v) is 5.52. The molecule has 1 heterocycles. The van der Waals surface area contributed by atoms with Crippen LogP contribution in [0.3, 0.4) is 0 Å². The summed E-state index contributed by atoms with van der Waals surface area (Å²) in [6.45, 7) is 4.16. The Hall–Kier alpha value is -2.14. The molecule has 104 valence electrons. The summed E-state index contributed by atoms with van der Waals surface area (Å²) in [6, 6.07) is 9.52. The predicted molar refractivity (Wildman–Crippen MR) is 80.7 cm³/mol. The van der Waals surface area contributed by atoms with Crippen LogP contribution in [0.25, 0.3) is 0 Å². The van der Waals surface area contributed by atoms with E-state index in [9.17, 15) is 9.59 Å². The lowest BCUT2D eigenvalue weighted by molar-refractivity contribution is -0.136. The van der Waals surface area contributed by atoms with Crippen molar-refractivity contribution in [1.29, 1.82) is 0 Å². The van der Waals surface area contributed by atoms with Gasteiger partial charge in [-0.25, -0.2) is 0 Å². The van der Waals surface area contributed by atoms with Gasteiger partial charge in [-0.15, -0.1) is 11.3 Å². The quantitative estimate of drug-likeness (QED) is 0.853. The van der Waals surface area contributed by atoms with Crippen LogP contribution in [0.4, 0.5) is 5.69 Å². The predicted octanol–water partition coefficient (Wildman–Crippen LogP) is 2.62. The van der Waals surface area contributed by atoms with Gasteiger partial charge in [0.2, 0.25) is 0 Å². The highest BCUT2D eigenvalue weighted by atomic mass is 32.1. The highest BCUT2D eigenvalue weighted by Crippen LogP contribution is 2.19. The van der Waals surface area contributed by atoms with Crippen molar-refractivity contribution in [3.05, 3.63) is 51.7 Å². The lowest BCUT2D eigenvalue weighted by atomic mass is 10.1. The van der Waals surface area contributed by atoms with Crippen molar-refractivity contribution in [1.82, 2.24) is 5.32 Å². The maximum absolute atomic E-state index is 11.9. The molecule has 0 fully saturated rings. The van der Waals surface area contributed by atoms with Crippen molar-refractivity contribution in [3.63, 3.8) is 0 Å². The van der Waals surface area contributed by atoms with E-state index in [1.165, 1.54) is 11.3 Å². The molecule has 5 heteroatoms. The third-order valence-corrected chi connectivity index (χ3v) is 3.81. The fourth-order valence-electron chi connectivity index (χ4n) is 1.84. The Bertz CT molecular complexity index is 601. The topological polar surface area (TPSA) is 58.2 Å². The Balaban J connectivity index is 1.96. The smallest absolute Gasteiger partial charge is 0.313 e. The Morgan fingerprint density at radius 1 is 1.05 bits per heavy atom. The summed E-state index contributed by atoms with van der Waals surface area (Å²) in [5.74, 6) is -1.26. The number of benzene rings is 1. The van der Waals surface area contributed by atoms with E-state index in [1.54, 1.807) is 0 Å². The summed E-state index contributed by atoms with van der Waals surface area (Å²) in [4.78, 5) is 24.6. The van der Waals surface area contributed by atoms with Crippen LogP contribution in [0.2, 0.25) is 0 Å². The third-order valence-electron chi connectivity index (χ3n) is 2.93.